The summed E-state index contributed by atoms with van der Waals surface area (Å²) in [6.45, 7) is 4.52. The minimum atomic E-state index is -1.14. The maximum Gasteiger partial charge on any atom is 0.345 e. The monoisotopic (exact) mass is 437 g/mol. The number of carbonyl (C=O) groups excluding carboxylic acids is 5. The SMILES string of the molecule is CC(=O)OC(=O)c1ccc(N[C@@H]2OC[C@@H](OC(C)=O)C(OC(C)=O)[C@@H]2OC(C)=O)cc1. The maximum absolute atomic E-state index is 11.8. The highest BCUT2D eigenvalue weighted by molar-refractivity contribution is 5.96. The van der Waals surface area contributed by atoms with E-state index in [0.717, 1.165) is 6.92 Å². The Morgan fingerprint density at radius 1 is 0.806 bits per heavy atom. The highest BCUT2D eigenvalue weighted by atomic mass is 16.6. The lowest BCUT2D eigenvalue weighted by Crippen LogP contribution is -2.59. The van der Waals surface area contributed by atoms with E-state index in [4.69, 9.17) is 18.9 Å². The molecule has 1 fully saturated rings. The second kappa shape index (κ2) is 10.5. The second-order valence-corrected chi connectivity index (χ2v) is 6.65. The molecule has 11 nitrogen and oxygen atoms in total. The molecule has 0 saturated carbocycles. The molecular formula is C20H23NO10. The van der Waals surface area contributed by atoms with Gasteiger partial charge in [0.15, 0.2) is 24.5 Å². The van der Waals surface area contributed by atoms with E-state index in [2.05, 4.69) is 10.1 Å². The Bertz CT molecular complexity index is 850. The summed E-state index contributed by atoms with van der Waals surface area (Å²) in [7, 11) is 0. The molecule has 1 saturated heterocycles. The normalized spacial score (nSPS) is 22.6. The van der Waals surface area contributed by atoms with Crippen LogP contribution in [0.5, 0.6) is 0 Å². The molecule has 1 N–H and O–H groups in total. The van der Waals surface area contributed by atoms with Gasteiger partial charge in [0.1, 0.15) is 0 Å². The van der Waals surface area contributed by atoms with Gasteiger partial charge in [-0.2, -0.15) is 0 Å². The molecule has 1 aliphatic heterocycles. The predicted octanol–water partition coefficient (Wildman–Crippen LogP) is 0.953. The Balaban J connectivity index is 2.22. The molecule has 168 valence electrons. The van der Waals surface area contributed by atoms with Crippen LogP contribution in [-0.4, -0.2) is 61.0 Å². The van der Waals surface area contributed by atoms with Crippen molar-refractivity contribution in [3.05, 3.63) is 29.8 Å². The lowest BCUT2D eigenvalue weighted by Gasteiger charge is -2.40. The average molecular weight is 437 g/mol. The standard InChI is InChI=1S/C20H23NO10/c1-10(22)28-16-9-27-19(18(30-12(3)24)17(16)29-11(2)23)21-15-7-5-14(6-8-15)20(26)31-13(4)25/h5-8,16-19,21H,9H2,1-4H3/t16-,17?,18+,19-/m1/s1. The summed E-state index contributed by atoms with van der Waals surface area (Å²) in [4.78, 5) is 57.3. The number of hydrogen-bond acceptors (Lipinski definition) is 11. The Morgan fingerprint density at radius 2 is 1.35 bits per heavy atom. The van der Waals surface area contributed by atoms with E-state index in [0.29, 0.717) is 5.69 Å². The first-order chi connectivity index (χ1) is 14.6. The number of esters is 5. The smallest absolute Gasteiger partial charge is 0.345 e. The van der Waals surface area contributed by atoms with Crippen molar-refractivity contribution in [1.29, 1.82) is 0 Å². The van der Waals surface area contributed by atoms with Crippen LogP contribution in [0.1, 0.15) is 38.1 Å². The van der Waals surface area contributed by atoms with Crippen molar-refractivity contribution in [2.75, 3.05) is 11.9 Å². The van der Waals surface area contributed by atoms with Gasteiger partial charge in [-0.05, 0) is 24.3 Å². The Hall–Kier alpha value is -3.47. The van der Waals surface area contributed by atoms with E-state index < -0.39 is 54.4 Å². The number of nitrogens with one attached hydrogen (secondary N) is 1. The van der Waals surface area contributed by atoms with Crippen molar-refractivity contribution in [1.82, 2.24) is 0 Å². The third-order valence-corrected chi connectivity index (χ3v) is 4.02. The van der Waals surface area contributed by atoms with Crippen LogP contribution >= 0.6 is 0 Å². The number of anilines is 1. The van der Waals surface area contributed by atoms with Crippen molar-refractivity contribution < 1.29 is 47.7 Å². The molecular weight excluding hydrogens is 414 g/mol. The summed E-state index contributed by atoms with van der Waals surface area (Å²) in [5.74, 6) is -3.47. The molecule has 0 aliphatic carbocycles. The largest absolute Gasteiger partial charge is 0.456 e. The number of carbonyl (C=O) groups is 5. The van der Waals surface area contributed by atoms with Crippen LogP contribution in [0.25, 0.3) is 0 Å². The fourth-order valence-corrected chi connectivity index (χ4v) is 2.92. The van der Waals surface area contributed by atoms with Gasteiger partial charge < -0.3 is 29.0 Å². The van der Waals surface area contributed by atoms with Crippen molar-refractivity contribution in [2.45, 2.75) is 52.2 Å². The van der Waals surface area contributed by atoms with E-state index in [1.165, 1.54) is 45.0 Å². The van der Waals surface area contributed by atoms with Crippen LogP contribution in [0.2, 0.25) is 0 Å². The minimum absolute atomic E-state index is 0.129. The Kier molecular flexibility index (Phi) is 8.08. The van der Waals surface area contributed by atoms with Crippen LogP contribution in [0.15, 0.2) is 24.3 Å². The Morgan fingerprint density at radius 3 is 1.87 bits per heavy atom. The zero-order valence-electron chi connectivity index (χ0n) is 17.4. The fraction of sp³-hybridized carbons (Fsp3) is 0.450. The zero-order chi connectivity index (χ0) is 23.1. The third kappa shape index (κ3) is 7.07. The minimum Gasteiger partial charge on any atom is -0.456 e. The fourth-order valence-electron chi connectivity index (χ4n) is 2.92. The van der Waals surface area contributed by atoms with Crippen LogP contribution in [0.3, 0.4) is 0 Å². The van der Waals surface area contributed by atoms with E-state index in [9.17, 15) is 24.0 Å². The molecule has 0 radical (unpaired) electrons. The van der Waals surface area contributed by atoms with Gasteiger partial charge >= 0.3 is 29.8 Å². The number of rotatable bonds is 6. The molecule has 0 amide bonds. The molecule has 1 aliphatic rings. The molecule has 31 heavy (non-hydrogen) atoms. The highest BCUT2D eigenvalue weighted by Crippen LogP contribution is 2.26. The van der Waals surface area contributed by atoms with Crippen LogP contribution in [0, 0.1) is 0 Å². The molecule has 1 aromatic carbocycles. The highest BCUT2D eigenvalue weighted by Gasteiger charge is 2.47. The van der Waals surface area contributed by atoms with Gasteiger partial charge in [0.05, 0.1) is 12.2 Å². The van der Waals surface area contributed by atoms with Gasteiger partial charge in [-0.15, -0.1) is 0 Å². The molecule has 1 aromatic rings. The molecule has 4 atom stereocenters. The van der Waals surface area contributed by atoms with Crippen molar-refractivity contribution >= 4 is 35.5 Å². The third-order valence-electron chi connectivity index (χ3n) is 4.02. The summed E-state index contributed by atoms with van der Waals surface area (Å²) in [5, 5.41) is 2.97. The summed E-state index contributed by atoms with van der Waals surface area (Å²) >= 11 is 0. The van der Waals surface area contributed by atoms with Crippen LogP contribution < -0.4 is 5.32 Å². The predicted molar refractivity (Wildman–Crippen MR) is 103 cm³/mol. The van der Waals surface area contributed by atoms with Crippen LogP contribution in [0.4, 0.5) is 5.69 Å². The molecule has 11 heteroatoms. The average Bonchev–Trinajstić information content (AvgIpc) is 2.65. The molecule has 0 spiro atoms. The Labute approximate surface area is 177 Å². The lowest BCUT2D eigenvalue weighted by molar-refractivity contribution is -0.221. The quantitative estimate of drug-likeness (QED) is 0.386. The maximum atomic E-state index is 11.8. The van der Waals surface area contributed by atoms with Gasteiger partial charge in [0, 0.05) is 33.4 Å². The summed E-state index contributed by atoms with van der Waals surface area (Å²) in [6, 6.07) is 5.87. The molecule has 1 unspecified atom stereocenters. The first-order valence-corrected chi connectivity index (χ1v) is 9.29. The second-order valence-electron chi connectivity index (χ2n) is 6.65. The van der Waals surface area contributed by atoms with Gasteiger partial charge in [0.2, 0.25) is 0 Å². The van der Waals surface area contributed by atoms with Crippen molar-refractivity contribution in [2.24, 2.45) is 0 Å². The van der Waals surface area contributed by atoms with Gasteiger partial charge in [0.25, 0.3) is 0 Å². The van der Waals surface area contributed by atoms with Gasteiger partial charge in [-0.1, -0.05) is 0 Å². The van der Waals surface area contributed by atoms with E-state index in [-0.39, 0.29) is 12.2 Å². The van der Waals surface area contributed by atoms with Gasteiger partial charge in [-0.25, -0.2) is 4.79 Å². The molecule has 2 rings (SSSR count). The van der Waals surface area contributed by atoms with E-state index >= 15 is 0 Å². The molecule has 0 aromatic heterocycles. The van der Waals surface area contributed by atoms with E-state index in [1.807, 2.05) is 0 Å². The van der Waals surface area contributed by atoms with Crippen molar-refractivity contribution in [3.63, 3.8) is 0 Å². The van der Waals surface area contributed by atoms with Gasteiger partial charge in [-0.3, -0.25) is 19.2 Å². The van der Waals surface area contributed by atoms with Crippen LogP contribution in [-0.2, 0) is 42.9 Å². The molecule has 1 heterocycles. The number of benzene rings is 1. The summed E-state index contributed by atoms with van der Waals surface area (Å²) in [6.07, 6.45) is -4.19. The first-order valence-electron chi connectivity index (χ1n) is 9.29. The van der Waals surface area contributed by atoms with E-state index in [1.54, 1.807) is 0 Å². The number of hydrogen-bond donors (Lipinski definition) is 1. The number of ether oxygens (including phenoxy) is 5. The molecule has 0 bridgehead atoms. The summed E-state index contributed by atoms with van der Waals surface area (Å²) in [5.41, 5.74) is 0.614. The van der Waals surface area contributed by atoms with Crippen molar-refractivity contribution in [3.8, 4) is 0 Å². The summed E-state index contributed by atoms with van der Waals surface area (Å²) < 4.78 is 25.9. The first kappa shape index (κ1) is 23.8. The zero-order valence-corrected chi connectivity index (χ0v) is 17.4. The lowest BCUT2D eigenvalue weighted by atomic mass is 10.0. The topological polar surface area (TPSA) is 144 Å².